The number of aryl methyl sites for hydroxylation is 2. The van der Waals surface area contributed by atoms with Gasteiger partial charge in [-0.2, -0.15) is 0 Å². The van der Waals surface area contributed by atoms with Crippen LogP contribution in [0, 0.1) is 13.8 Å². The summed E-state index contributed by atoms with van der Waals surface area (Å²) in [7, 11) is 3.60. The van der Waals surface area contributed by atoms with Gasteiger partial charge in [-0.05, 0) is 42.7 Å². The van der Waals surface area contributed by atoms with E-state index in [9.17, 15) is 4.79 Å². The maximum Gasteiger partial charge on any atom is 0.260 e. The minimum Gasteiger partial charge on any atom is -0.496 e. The Morgan fingerprint density at radius 3 is 2.50 bits per heavy atom. The molecule has 0 bridgehead atoms. The van der Waals surface area contributed by atoms with Crippen molar-refractivity contribution in [1.82, 2.24) is 9.97 Å². The number of methoxy groups -OCH3 is 1. The number of ether oxygens (including phenoxy) is 1. The average Bonchev–Trinajstić information content (AvgIpc) is 2.54. The largest absolute Gasteiger partial charge is 0.496 e. The Morgan fingerprint density at radius 1 is 1.17 bits per heavy atom. The molecule has 5 nitrogen and oxygen atoms in total. The van der Waals surface area contributed by atoms with Crippen molar-refractivity contribution in [3.8, 4) is 5.75 Å². The van der Waals surface area contributed by atoms with Crippen LogP contribution in [0.3, 0.4) is 0 Å². The van der Waals surface area contributed by atoms with E-state index in [2.05, 4.69) is 22.1 Å². The normalized spacial score (nSPS) is 10.8. The number of rotatable bonds is 4. The predicted octanol–water partition coefficient (Wildman–Crippen LogP) is 3.18. The third kappa shape index (κ3) is 2.97. The van der Waals surface area contributed by atoms with Crippen LogP contribution in [0.1, 0.15) is 16.7 Å². The summed E-state index contributed by atoms with van der Waals surface area (Å²) in [6, 6.07) is 11.5. The first-order valence-corrected chi connectivity index (χ1v) is 7.84. The highest BCUT2D eigenvalue weighted by atomic mass is 16.5. The number of fused-ring (bicyclic) bond motifs is 1. The molecule has 24 heavy (non-hydrogen) atoms. The number of H-pyrrole nitrogens is 1. The van der Waals surface area contributed by atoms with Gasteiger partial charge in [-0.3, -0.25) is 9.78 Å². The number of nitrogens with one attached hydrogen (secondary N) is 1. The molecule has 3 aromatic rings. The summed E-state index contributed by atoms with van der Waals surface area (Å²) >= 11 is 0. The first-order valence-electron chi connectivity index (χ1n) is 7.84. The lowest BCUT2D eigenvalue weighted by atomic mass is 10.1. The standard InChI is InChI=1S/C19H21N3O2/c1-12-9-14(10-13(2)17(12)24-4)11-22(3)19-20-16-8-6-5-7-15(16)18(23)21-19/h5-10H,11H2,1-4H3,(H,20,21,23). The fourth-order valence-electron chi connectivity index (χ4n) is 3.06. The van der Waals surface area contributed by atoms with Gasteiger partial charge in [0.1, 0.15) is 5.75 Å². The van der Waals surface area contributed by atoms with Gasteiger partial charge in [0.15, 0.2) is 0 Å². The second kappa shape index (κ2) is 6.35. The molecule has 0 radical (unpaired) electrons. The quantitative estimate of drug-likeness (QED) is 0.801. The van der Waals surface area contributed by atoms with Crippen molar-refractivity contribution in [3.63, 3.8) is 0 Å². The second-order valence-electron chi connectivity index (χ2n) is 6.03. The minimum atomic E-state index is -0.121. The summed E-state index contributed by atoms with van der Waals surface area (Å²) in [5, 5.41) is 0.603. The van der Waals surface area contributed by atoms with Crippen LogP contribution < -0.4 is 15.2 Å². The monoisotopic (exact) mass is 323 g/mol. The molecule has 0 spiro atoms. The third-order valence-corrected chi connectivity index (χ3v) is 4.11. The summed E-state index contributed by atoms with van der Waals surface area (Å²) in [6.07, 6.45) is 0. The van der Waals surface area contributed by atoms with Crippen LogP contribution in [0.4, 0.5) is 5.95 Å². The Bertz CT molecular complexity index is 924. The lowest BCUT2D eigenvalue weighted by Gasteiger charge is -2.19. The number of hydrogen-bond acceptors (Lipinski definition) is 4. The van der Waals surface area contributed by atoms with E-state index in [0.29, 0.717) is 23.4 Å². The molecule has 0 aliphatic heterocycles. The summed E-state index contributed by atoms with van der Waals surface area (Å²) in [5.74, 6) is 1.48. The molecule has 1 N–H and O–H groups in total. The molecule has 0 saturated carbocycles. The highest BCUT2D eigenvalue weighted by Crippen LogP contribution is 2.25. The molecule has 0 atom stereocenters. The fraction of sp³-hybridized carbons (Fsp3) is 0.263. The molecule has 0 aliphatic carbocycles. The van der Waals surface area contributed by atoms with E-state index in [1.165, 1.54) is 0 Å². The maximum atomic E-state index is 12.2. The van der Waals surface area contributed by atoms with Gasteiger partial charge in [0.2, 0.25) is 5.95 Å². The van der Waals surface area contributed by atoms with Gasteiger partial charge in [0.25, 0.3) is 5.56 Å². The first-order chi connectivity index (χ1) is 11.5. The van der Waals surface area contributed by atoms with Crippen LogP contribution in [0.5, 0.6) is 5.75 Å². The number of aromatic amines is 1. The Morgan fingerprint density at radius 2 is 1.83 bits per heavy atom. The van der Waals surface area contributed by atoms with Gasteiger partial charge < -0.3 is 9.64 Å². The van der Waals surface area contributed by atoms with Gasteiger partial charge in [-0.15, -0.1) is 0 Å². The van der Waals surface area contributed by atoms with E-state index in [-0.39, 0.29) is 5.56 Å². The molecule has 1 aromatic heterocycles. The fourth-order valence-corrected chi connectivity index (χ4v) is 3.06. The smallest absolute Gasteiger partial charge is 0.260 e. The zero-order chi connectivity index (χ0) is 17.3. The number of benzene rings is 2. The van der Waals surface area contributed by atoms with Crippen LogP contribution in [-0.2, 0) is 6.54 Å². The molecular weight excluding hydrogens is 302 g/mol. The van der Waals surface area contributed by atoms with Crippen LogP contribution >= 0.6 is 0 Å². The molecule has 0 aliphatic rings. The van der Waals surface area contributed by atoms with Crippen molar-refractivity contribution in [3.05, 3.63) is 63.4 Å². The molecule has 0 amide bonds. The number of para-hydroxylation sites is 1. The molecule has 2 aromatic carbocycles. The lowest BCUT2D eigenvalue weighted by molar-refractivity contribution is 0.408. The molecule has 0 fully saturated rings. The van der Waals surface area contributed by atoms with Gasteiger partial charge in [-0.25, -0.2) is 4.98 Å². The number of nitrogens with zero attached hydrogens (tertiary/aromatic N) is 2. The summed E-state index contributed by atoms with van der Waals surface area (Å²) in [6.45, 7) is 4.71. The highest BCUT2D eigenvalue weighted by Gasteiger charge is 2.10. The molecule has 5 heteroatoms. The number of anilines is 1. The zero-order valence-corrected chi connectivity index (χ0v) is 14.4. The molecule has 0 unspecified atom stereocenters. The van der Waals surface area contributed by atoms with Crippen LogP contribution in [0.15, 0.2) is 41.2 Å². The van der Waals surface area contributed by atoms with E-state index < -0.39 is 0 Å². The van der Waals surface area contributed by atoms with E-state index in [0.717, 1.165) is 22.4 Å². The maximum absolute atomic E-state index is 12.2. The van der Waals surface area contributed by atoms with Crippen molar-refractivity contribution in [2.75, 3.05) is 19.1 Å². The van der Waals surface area contributed by atoms with Gasteiger partial charge in [0.05, 0.1) is 18.0 Å². The zero-order valence-electron chi connectivity index (χ0n) is 14.4. The van der Waals surface area contributed by atoms with Crippen LogP contribution in [-0.4, -0.2) is 24.1 Å². The average molecular weight is 323 g/mol. The molecule has 124 valence electrons. The predicted molar refractivity (Wildman–Crippen MR) is 96.9 cm³/mol. The van der Waals surface area contributed by atoms with Gasteiger partial charge in [0, 0.05) is 13.6 Å². The van der Waals surface area contributed by atoms with E-state index in [1.54, 1.807) is 13.2 Å². The van der Waals surface area contributed by atoms with Crippen LogP contribution in [0.2, 0.25) is 0 Å². The summed E-state index contributed by atoms with van der Waals surface area (Å²) < 4.78 is 5.41. The third-order valence-electron chi connectivity index (χ3n) is 4.11. The molecule has 0 saturated heterocycles. The summed E-state index contributed by atoms with van der Waals surface area (Å²) in [4.78, 5) is 21.6. The SMILES string of the molecule is COc1c(C)cc(CN(C)c2nc3ccccc3c(=O)[nH]2)cc1C. The van der Waals surface area contributed by atoms with Crippen molar-refractivity contribution < 1.29 is 4.74 Å². The molecular formula is C19H21N3O2. The van der Waals surface area contributed by atoms with Gasteiger partial charge in [-0.1, -0.05) is 24.3 Å². The van der Waals surface area contributed by atoms with E-state index >= 15 is 0 Å². The Labute approximate surface area is 140 Å². The van der Waals surface area contributed by atoms with Gasteiger partial charge >= 0.3 is 0 Å². The lowest BCUT2D eigenvalue weighted by Crippen LogP contribution is -2.23. The molecule has 1 heterocycles. The van der Waals surface area contributed by atoms with E-state index in [4.69, 9.17) is 4.74 Å². The van der Waals surface area contributed by atoms with E-state index in [1.807, 2.05) is 44.0 Å². The summed E-state index contributed by atoms with van der Waals surface area (Å²) in [5.41, 5.74) is 3.92. The Hall–Kier alpha value is -2.82. The number of hydrogen-bond donors (Lipinski definition) is 1. The van der Waals surface area contributed by atoms with Crippen molar-refractivity contribution in [1.29, 1.82) is 0 Å². The molecule has 3 rings (SSSR count). The Kier molecular flexibility index (Phi) is 4.25. The Balaban J connectivity index is 1.93. The number of aromatic nitrogens is 2. The highest BCUT2D eigenvalue weighted by molar-refractivity contribution is 5.78. The van der Waals surface area contributed by atoms with Crippen molar-refractivity contribution in [2.45, 2.75) is 20.4 Å². The second-order valence-corrected chi connectivity index (χ2v) is 6.03. The van der Waals surface area contributed by atoms with Crippen molar-refractivity contribution >= 4 is 16.9 Å². The van der Waals surface area contributed by atoms with Crippen LogP contribution in [0.25, 0.3) is 10.9 Å². The van der Waals surface area contributed by atoms with Crippen molar-refractivity contribution in [2.24, 2.45) is 0 Å². The minimum absolute atomic E-state index is 0.121. The first kappa shape index (κ1) is 16.1. The topological polar surface area (TPSA) is 58.2 Å².